The van der Waals surface area contributed by atoms with Gasteiger partial charge in [0.25, 0.3) is 10.0 Å². The van der Waals surface area contributed by atoms with Crippen LogP contribution in [-0.2, 0) is 10.0 Å². The predicted octanol–water partition coefficient (Wildman–Crippen LogP) is 4.04. The van der Waals surface area contributed by atoms with E-state index in [4.69, 9.17) is 9.47 Å². The molecule has 0 atom stereocenters. The molecule has 0 fully saturated rings. The van der Waals surface area contributed by atoms with Gasteiger partial charge in [-0.05, 0) is 49.4 Å². The number of nitrogens with one attached hydrogen (secondary N) is 1. The highest BCUT2D eigenvalue weighted by Crippen LogP contribution is 2.29. The summed E-state index contributed by atoms with van der Waals surface area (Å²) in [6, 6.07) is 17.8. The molecule has 0 radical (unpaired) electrons. The Bertz CT molecular complexity index is 1140. The normalized spacial score (nSPS) is 11.0. The number of para-hydroxylation sites is 1. The number of aryl methyl sites for hydroxylation is 1. The van der Waals surface area contributed by atoms with Gasteiger partial charge in [-0.15, -0.1) is 0 Å². The first-order valence-electron chi connectivity index (χ1n) is 8.81. The molecule has 3 rings (SSSR count). The highest BCUT2D eigenvalue weighted by molar-refractivity contribution is 7.92. The molecule has 0 aliphatic heterocycles. The van der Waals surface area contributed by atoms with E-state index in [1.54, 1.807) is 54.6 Å². The van der Waals surface area contributed by atoms with Crippen LogP contribution in [0.2, 0.25) is 0 Å². The minimum atomic E-state index is -3.85. The van der Waals surface area contributed by atoms with Gasteiger partial charge in [-0.1, -0.05) is 29.8 Å². The number of rotatable bonds is 7. The number of ketones is 1. The summed E-state index contributed by atoms with van der Waals surface area (Å²) in [5.41, 5.74) is 1.61. The van der Waals surface area contributed by atoms with Gasteiger partial charge in [0.2, 0.25) is 0 Å². The quantitative estimate of drug-likeness (QED) is 0.593. The number of carbonyl (C=O) groups is 1. The third-order valence-electron chi connectivity index (χ3n) is 4.40. The largest absolute Gasteiger partial charge is 0.497 e. The molecule has 29 heavy (non-hydrogen) atoms. The number of sulfonamides is 1. The Morgan fingerprint density at radius 2 is 1.55 bits per heavy atom. The number of benzene rings is 3. The van der Waals surface area contributed by atoms with E-state index in [0.717, 1.165) is 5.56 Å². The first-order valence-corrected chi connectivity index (χ1v) is 10.3. The van der Waals surface area contributed by atoms with E-state index in [-0.39, 0.29) is 27.5 Å². The number of ether oxygens (including phenoxy) is 2. The molecule has 0 spiro atoms. The van der Waals surface area contributed by atoms with Crippen molar-refractivity contribution in [2.45, 2.75) is 11.8 Å². The molecule has 0 saturated carbocycles. The highest BCUT2D eigenvalue weighted by Gasteiger charge is 2.22. The highest BCUT2D eigenvalue weighted by atomic mass is 32.2. The molecule has 0 aromatic heterocycles. The minimum Gasteiger partial charge on any atom is -0.497 e. The number of hydrogen-bond acceptors (Lipinski definition) is 5. The van der Waals surface area contributed by atoms with Gasteiger partial charge >= 0.3 is 0 Å². The third kappa shape index (κ3) is 4.41. The Kier molecular flexibility index (Phi) is 5.89. The summed E-state index contributed by atoms with van der Waals surface area (Å²) in [7, 11) is -0.892. The first-order chi connectivity index (χ1) is 13.9. The van der Waals surface area contributed by atoms with Gasteiger partial charge in [0.15, 0.2) is 5.78 Å². The van der Waals surface area contributed by atoms with Crippen LogP contribution in [0.4, 0.5) is 5.69 Å². The van der Waals surface area contributed by atoms with E-state index < -0.39 is 10.0 Å². The van der Waals surface area contributed by atoms with Crippen molar-refractivity contribution < 1.29 is 22.7 Å². The molecule has 3 aromatic rings. The van der Waals surface area contributed by atoms with E-state index in [0.29, 0.717) is 11.5 Å². The van der Waals surface area contributed by atoms with E-state index in [9.17, 15) is 13.2 Å². The van der Waals surface area contributed by atoms with Crippen LogP contribution in [0.5, 0.6) is 11.5 Å². The lowest BCUT2D eigenvalue weighted by Gasteiger charge is -2.14. The second-order valence-electron chi connectivity index (χ2n) is 6.36. The van der Waals surface area contributed by atoms with Crippen LogP contribution < -0.4 is 14.2 Å². The first kappa shape index (κ1) is 20.4. The van der Waals surface area contributed by atoms with Crippen molar-refractivity contribution in [1.29, 1.82) is 0 Å². The van der Waals surface area contributed by atoms with E-state index in [1.165, 1.54) is 26.4 Å². The summed E-state index contributed by atoms with van der Waals surface area (Å²) in [6.45, 7) is 1.87. The summed E-state index contributed by atoms with van der Waals surface area (Å²) in [4.78, 5) is 13.3. The van der Waals surface area contributed by atoms with Crippen LogP contribution in [0.3, 0.4) is 0 Å². The SMILES string of the molecule is COc1ccc(OC)c(C(=O)c2ccccc2NS(=O)(=O)c2ccc(C)cc2)c1. The Morgan fingerprint density at radius 3 is 2.21 bits per heavy atom. The van der Waals surface area contributed by atoms with Gasteiger partial charge < -0.3 is 9.47 Å². The zero-order valence-corrected chi connectivity index (χ0v) is 17.1. The maximum Gasteiger partial charge on any atom is 0.261 e. The molecular weight excluding hydrogens is 390 g/mol. The van der Waals surface area contributed by atoms with E-state index >= 15 is 0 Å². The maximum absolute atomic E-state index is 13.2. The lowest BCUT2D eigenvalue weighted by molar-refractivity contribution is 0.103. The predicted molar refractivity (Wildman–Crippen MR) is 111 cm³/mol. The second kappa shape index (κ2) is 8.36. The van der Waals surface area contributed by atoms with Gasteiger partial charge in [0, 0.05) is 5.56 Å². The van der Waals surface area contributed by atoms with E-state index in [2.05, 4.69) is 4.72 Å². The van der Waals surface area contributed by atoms with Crippen molar-refractivity contribution in [3.63, 3.8) is 0 Å². The van der Waals surface area contributed by atoms with Crippen molar-refractivity contribution in [2.24, 2.45) is 0 Å². The Morgan fingerprint density at radius 1 is 0.862 bits per heavy atom. The van der Waals surface area contributed by atoms with Gasteiger partial charge in [-0.3, -0.25) is 9.52 Å². The molecule has 0 bridgehead atoms. The number of methoxy groups -OCH3 is 2. The van der Waals surface area contributed by atoms with Crippen molar-refractivity contribution in [3.05, 3.63) is 83.4 Å². The van der Waals surface area contributed by atoms with Crippen LogP contribution in [0.1, 0.15) is 21.5 Å². The molecule has 1 N–H and O–H groups in total. The van der Waals surface area contributed by atoms with Crippen LogP contribution in [0.15, 0.2) is 71.6 Å². The number of hydrogen-bond donors (Lipinski definition) is 1. The fourth-order valence-electron chi connectivity index (χ4n) is 2.83. The van der Waals surface area contributed by atoms with E-state index in [1.807, 2.05) is 6.92 Å². The molecule has 0 aliphatic carbocycles. The Balaban J connectivity index is 2.02. The molecule has 7 heteroatoms. The lowest BCUT2D eigenvalue weighted by atomic mass is 10.0. The average molecular weight is 411 g/mol. The monoisotopic (exact) mass is 411 g/mol. The molecule has 3 aromatic carbocycles. The maximum atomic E-state index is 13.2. The molecule has 0 heterocycles. The summed E-state index contributed by atoms with van der Waals surface area (Å²) in [6.07, 6.45) is 0. The molecule has 150 valence electrons. The van der Waals surface area contributed by atoms with Crippen LogP contribution in [0.25, 0.3) is 0 Å². The minimum absolute atomic E-state index is 0.115. The average Bonchev–Trinajstić information content (AvgIpc) is 2.73. The fourth-order valence-corrected chi connectivity index (χ4v) is 3.91. The summed E-state index contributed by atoms with van der Waals surface area (Å²) >= 11 is 0. The molecule has 6 nitrogen and oxygen atoms in total. The Hall–Kier alpha value is -3.32. The number of anilines is 1. The molecule has 0 amide bonds. The number of carbonyl (C=O) groups excluding carboxylic acids is 1. The van der Waals surface area contributed by atoms with Crippen LogP contribution in [0, 0.1) is 6.92 Å². The third-order valence-corrected chi connectivity index (χ3v) is 5.78. The van der Waals surface area contributed by atoms with Crippen LogP contribution in [-0.4, -0.2) is 28.4 Å². The van der Waals surface area contributed by atoms with Gasteiger partial charge in [0.05, 0.1) is 30.4 Å². The lowest BCUT2D eigenvalue weighted by Crippen LogP contribution is -2.16. The standard InChI is InChI=1S/C22H21NO5S/c1-15-8-11-17(12-9-15)29(25,26)23-20-7-5-4-6-18(20)22(24)19-14-16(27-2)10-13-21(19)28-3/h4-14,23H,1-3H3. The van der Waals surface area contributed by atoms with Crippen molar-refractivity contribution >= 4 is 21.5 Å². The Labute approximate surface area is 170 Å². The van der Waals surface area contributed by atoms with Crippen LogP contribution >= 0.6 is 0 Å². The van der Waals surface area contributed by atoms with Crippen molar-refractivity contribution in [1.82, 2.24) is 0 Å². The molecule has 0 saturated heterocycles. The zero-order valence-electron chi connectivity index (χ0n) is 16.3. The van der Waals surface area contributed by atoms with Crippen molar-refractivity contribution in [2.75, 3.05) is 18.9 Å². The second-order valence-corrected chi connectivity index (χ2v) is 8.04. The summed E-state index contributed by atoms with van der Waals surface area (Å²) in [5, 5.41) is 0. The topological polar surface area (TPSA) is 81.7 Å². The summed E-state index contributed by atoms with van der Waals surface area (Å²) in [5.74, 6) is 0.474. The van der Waals surface area contributed by atoms with Gasteiger partial charge in [-0.25, -0.2) is 8.42 Å². The molecule has 0 aliphatic rings. The zero-order chi connectivity index (χ0) is 21.0. The molecule has 0 unspecified atom stereocenters. The van der Waals surface area contributed by atoms with Gasteiger partial charge in [-0.2, -0.15) is 0 Å². The molecular formula is C22H21NO5S. The fraction of sp³-hybridized carbons (Fsp3) is 0.136. The summed E-state index contributed by atoms with van der Waals surface area (Å²) < 4.78 is 38.6. The van der Waals surface area contributed by atoms with Gasteiger partial charge in [0.1, 0.15) is 11.5 Å². The van der Waals surface area contributed by atoms with Crippen molar-refractivity contribution in [3.8, 4) is 11.5 Å². The smallest absolute Gasteiger partial charge is 0.261 e.